The van der Waals surface area contributed by atoms with Gasteiger partial charge in [0.25, 0.3) is 0 Å². The van der Waals surface area contributed by atoms with Crippen LogP contribution in [0.25, 0.3) is 33.5 Å². The molecular formula is C22H18N6O2S. The molecule has 0 atom stereocenters. The van der Waals surface area contributed by atoms with Crippen molar-refractivity contribution in [3.8, 4) is 22.6 Å². The van der Waals surface area contributed by atoms with Gasteiger partial charge in [-0.2, -0.15) is 10.2 Å². The number of aromatic amines is 2. The van der Waals surface area contributed by atoms with Crippen LogP contribution in [0.2, 0.25) is 0 Å². The molecule has 0 amide bonds. The van der Waals surface area contributed by atoms with E-state index in [4.69, 9.17) is 0 Å². The van der Waals surface area contributed by atoms with Gasteiger partial charge in [0.15, 0.2) is 5.82 Å². The summed E-state index contributed by atoms with van der Waals surface area (Å²) in [4.78, 5) is 4.19. The lowest BCUT2D eigenvalue weighted by molar-refractivity contribution is 0.600. The SMILES string of the molecule is O=S(=O)(Cc1ccccc1)Nc1cccc(-c2n[nH]c3ccc(-c4nc[nH]n4)cc23)c1. The van der Waals surface area contributed by atoms with E-state index < -0.39 is 10.0 Å². The molecular weight excluding hydrogens is 412 g/mol. The smallest absolute Gasteiger partial charge is 0.236 e. The number of hydrogen-bond donors (Lipinski definition) is 3. The molecule has 0 spiro atoms. The highest BCUT2D eigenvalue weighted by atomic mass is 32.2. The van der Waals surface area contributed by atoms with Gasteiger partial charge in [-0.1, -0.05) is 42.5 Å². The van der Waals surface area contributed by atoms with Gasteiger partial charge in [0.05, 0.1) is 17.0 Å². The van der Waals surface area contributed by atoms with E-state index in [1.54, 1.807) is 30.3 Å². The van der Waals surface area contributed by atoms with Crippen molar-refractivity contribution in [1.29, 1.82) is 0 Å². The first kappa shape index (κ1) is 19.0. The first-order chi connectivity index (χ1) is 15.1. The Labute approximate surface area is 178 Å². The van der Waals surface area contributed by atoms with E-state index in [1.807, 2.05) is 42.5 Å². The molecule has 9 heteroatoms. The monoisotopic (exact) mass is 430 g/mol. The quantitative estimate of drug-likeness (QED) is 0.377. The molecule has 0 aliphatic carbocycles. The number of sulfonamides is 1. The number of H-pyrrole nitrogens is 2. The largest absolute Gasteiger partial charge is 0.283 e. The van der Waals surface area contributed by atoms with Crippen LogP contribution in [-0.2, 0) is 15.8 Å². The van der Waals surface area contributed by atoms with Gasteiger partial charge < -0.3 is 0 Å². The molecule has 3 N–H and O–H groups in total. The lowest BCUT2D eigenvalue weighted by Gasteiger charge is -2.09. The summed E-state index contributed by atoms with van der Waals surface area (Å²) in [6.07, 6.45) is 1.53. The summed E-state index contributed by atoms with van der Waals surface area (Å²) < 4.78 is 27.9. The zero-order valence-electron chi connectivity index (χ0n) is 16.3. The molecule has 0 saturated heterocycles. The number of fused-ring (bicyclic) bond motifs is 1. The first-order valence-electron chi connectivity index (χ1n) is 9.56. The maximum absolute atomic E-state index is 12.6. The molecule has 31 heavy (non-hydrogen) atoms. The minimum atomic E-state index is -3.55. The van der Waals surface area contributed by atoms with Gasteiger partial charge in [-0.25, -0.2) is 13.4 Å². The highest BCUT2D eigenvalue weighted by molar-refractivity contribution is 7.91. The van der Waals surface area contributed by atoms with Crippen molar-refractivity contribution >= 4 is 26.6 Å². The Bertz CT molecular complexity index is 1440. The molecule has 0 unspecified atom stereocenters. The van der Waals surface area contributed by atoms with Crippen LogP contribution >= 0.6 is 0 Å². The van der Waals surface area contributed by atoms with E-state index in [0.29, 0.717) is 11.5 Å². The van der Waals surface area contributed by atoms with Gasteiger partial charge in [0, 0.05) is 22.2 Å². The molecule has 0 radical (unpaired) electrons. The second-order valence-electron chi connectivity index (χ2n) is 7.08. The zero-order chi connectivity index (χ0) is 21.3. The van der Waals surface area contributed by atoms with Crippen molar-refractivity contribution in [2.45, 2.75) is 5.75 Å². The van der Waals surface area contributed by atoms with Gasteiger partial charge in [0.1, 0.15) is 6.33 Å². The van der Waals surface area contributed by atoms with Crippen molar-refractivity contribution in [3.05, 3.63) is 84.7 Å². The third-order valence-electron chi connectivity index (χ3n) is 4.84. The Morgan fingerprint density at radius 3 is 2.55 bits per heavy atom. The van der Waals surface area contributed by atoms with Crippen LogP contribution in [0.5, 0.6) is 0 Å². The van der Waals surface area contributed by atoms with Gasteiger partial charge in [-0.3, -0.25) is 14.9 Å². The van der Waals surface area contributed by atoms with E-state index in [2.05, 4.69) is 30.1 Å². The number of nitrogens with one attached hydrogen (secondary N) is 3. The maximum Gasteiger partial charge on any atom is 0.236 e. The molecule has 8 nitrogen and oxygen atoms in total. The predicted octanol–water partition coefficient (Wildman–Crippen LogP) is 3.96. The predicted molar refractivity (Wildman–Crippen MR) is 120 cm³/mol. The molecule has 2 aromatic heterocycles. The third-order valence-corrected chi connectivity index (χ3v) is 6.11. The van der Waals surface area contributed by atoms with Crippen molar-refractivity contribution in [2.75, 3.05) is 4.72 Å². The Morgan fingerprint density at radius 1 is 0.871 bits per heavy atom. The van der Waals surface area contributed by atoms with Crippen LogP contribution in [0.1, 0.15) is 5.56 Å². The topological polar surface area (TPSA) is 116 Å². The van der Waals surface area contributed by atoms with Crippen LogP contribution in [0.15, 0.2) is 79.1 Å². The molecule has 2 heterocycles. The number of benzene rings is 3. The number of anilines is 1. The molecule has 5 rings (SSSR count). The fourth-order valence-corrected chi connectivity index (χ4v) is 4.65. The van der Waals surface area contributed by atoms with Crippen LogP contribution in [-0.4, -0.2) is 33.8 Å². The van der Waals surface area contributed by atoms with E-state index in [1.165, 1.54) is 6.33 Å². The summed E-state index contributed by atoms with van der Waals surface area (Å²) in [6.45, 7) is 0. The lowest BCUT2D eigenvalue weighted by Crippen LogP contribution is -2.15. The standard InChI is InChI=1S/C22H18N6O2S/c29-31(30,13-15-5-2-1-3-6-15)28-18-8-4-7-16(11-18)21-19-12-17(22-23-14-24-27-22)9-10-20(19)25-26-21/h1-12,14,28H,13H2,(H,25,26)(H,23,24,27). The highest BCUT2D eigenvalue weighted by Crippen LogP contribution is 2.31. The molecule has 154 valence electrons. The van der Waals surface area contributed by atoms with Crippen molar-refractivity contribution in [1.82, 2.24) is 25.4 Å². The van der Waals surface area contributed by atoms with Crippen molar-refractivity contribution < 1.29 is 8.42 Å². The molecule has 5 aromatic rings. The summed E-state index contributed by atoms with van der Waals surface area (Å²) in [7, 11) is -3.55. The van der Waals surface area contributed by atoms with Crippen molar-refractivity contribution in [2.24, 2.45) is 0 Å². The first-order valence-corrected chi connectivity index (χ1v) is 11.2. The highest BCUT2D eigenvalue weighted by Gasteiger charge is 2.14. The number of nitrogens with zero attached hydrogens (tertiary/aromatic N) is 3. The van der Waals surface area contributed by atoms with E-state index in [9.17, 15) is 8.42 Å². The van der Waals surface area contributed by atoms with Gasteiger partial charge in [-0.15, -0.1) is 0 Å². The Kier molecular flexibility index (Phi) is 4.72. The molecule has 3 aromatic carbocycles. The third kappa shape index (κ3) is 4.03. The number of aromatic nitrogens is 5. The summed E-state index contributed by atoms with van der Waals surface area (Å²) >= 11 is 0. The van der Waals surface area contributed by atoms with Crippen LogP contribution in [0, 0.1) is 0 Å². The van der Waals surface area contributed by atoms with E-state index in [-0.39, 0.29) is 5.75 Å². The van der Waals surface area contributed by atoms with Crippen molar-refractivity contribution in [3.63, 3.8) is 0 Å². The molecule has 0 fully saturated rings. The Hall–Kier alpha value is -3.98. The minimum Gasteiger partial charge on any atom is -0.283 e. The summed E-state index contributed by atoms with van der Waals surface area (Å²) in [5.74, 6) is 0.500. The van der Waals surface area contributed by atoms with E-state index >= 15 is 0 Å². The fraction of sp³-hybridized carbons (Fsp3) is 0.0455. The average Bonchev–Trinajstić information content (AvgIpc) is 3.43. The maximum atomic E-state index is 12.6. The second-order valence-corrected chi connectivity index (χ2v) is 8.81. The van der Waals surface area contributed by atoms with Gasteiger partial charge in [0.2, 0.25) is 10.0 Å². The zero-order valence-corrected chi connectivity index (χ0v) is 17.1. The second kappa shape index (κ2) is 7.69. The fourth-order valence-electron chi connectivity index (χ4n) is 3.46. The van der Waals surface area contributed by atoms with Crippen LogP contribution < -0.4 is 4.72 Å². The Morgan fingerprint density at radius 2 is 1.74 bits per heavy atom. The summed E-state index contributed by atoms with van der Waals surface area (Å²) in [5, 5.41) is 15.2. The molecule has 0 aliphatic rings. The average molecular weight is 430 g/mol. The van der Waals surface area contributed by atoms with E-state index in [0.717, 1.165) is 33.3 Å². The van der Waals surface area contributed by atoms with Gasteiger partial charge in [-0.05, 0) is 35.9 Å². The molecule has 0 saturated carbocycles. The Balaban J connectivity index is 1.46. The molecule has 0 bridgehead atoms. The van der Waals surface area contributed by atoms with Gasteiger partial charge >= 0.3 is 0 Å². The summed E-state index contributed by atoms with van der Waals surface area (Å²) in [6, 6.07) is 22.1. The normalized spacial score (nSPS) is 11.6. The van der Waals surface area contributed by atoms with Crippen LogP contribution in [0.3, 0.4) is 0 Å². The lowest BCUT2D eigenvalue weighted by atomic mass is 10.0. The minimum absolute atomic E-state index is 0.0938. The number of rotatable bonds is 6. The molecule has 0 aliphatic heterocycles. The number of hydrogen-bond acceptors (Lipinski definition) is 5. The van der Waals surface area contributed by atoms with Crippen LogP contribution in [0.4, 0.5) is 5.69 Å². The summed E-state index contributed by atoms with van der Waals surface area (Å²) in [5.41, 5.74) is 4.44.